The van der Waals surface area contributed by atoms with Crippen LogP contribution in [0.5, 0.6) is 0 Å². The summed E-state index contributed by atoms with van der Waals surface area (Å²) in [5.74, 6) is 0.980. The van der Waals surface area contributed by atoms with Gasteiger partial charge in [0.15, 0.2) is 5.76 Å². The van der Waals surface area contributed by atoms with Gasteiger partial charge >= 0.3 is 5.95 Å². The van der Waals surface area contributed by atoms with Gasteiger partial charge in [-0.3, -0.25) is 0 Å². The molecular weight excluding hydrogens is 168 g/mol. The van der Waals surface area contributed by atoms with Gasteiger partial charge in [0, 0.05) is 0 Å². The maximum atomic E-state index is 5.27. The summed E-state index contributed by atoms with van der Waals surface area (Å²) in [4.78, 5) is 0. The van der Waals surface area contributed by atoms with Gasteiger partial charge in [-0.05, 0) is 26.8 Å². The Morgan fingerprint density at radius 3 is 1.77 bits per heavy atom. The average molecular weight is 186 g/mol. The molecule has 0 aromatic rings. The van der Waals surface area contributed by atoms with E-state index in [0.29, 0.717) is 31.5 Å². The lowest BCUT2D eigenvalue weighted by Crippen LogP contribution is -2.03. The van der Waals surface area contributed by atoms with Crippen molar-refractivity contribution < 1.29 is 14.2 Å². The highest BCUT2D eigenvalue weighted by Crippen LogP contribution is 2.10. The number of hydrogen-bond donors (Lipinski definition) is 0. The van der Waals surface area contributed by atoms with Gasteiger partial charge < -0.3 is 14.2 Å². The summed E-state index contributed by atoms with van der Waals surface area (Å²) in [6.45, 7) is 11.0. The normalized spacial score (nSPS) is 8.85. The van der Waals surface area contributed by atoms with Crippen LogP contribution in [0.4, 0.5) is 0 Å². The van der Waals surface area contributed by atoms with E-state index < -0.39 is 0 Å². The molecule has 0 radical (unpaired) electrons. The first-order valence-corrected chi connectivity index (χ1v) is 4.55. The van der Waals surface area contributed by atoms with Crippen molar-refractivity contribution in [3.63, 3.8) is 0 Å². The summed E-state index contributed by atoms with van der Waals surface area (Å²) in [7, 11) is 0. The van der Waals surface area contributed by atoms with E-state index in [0.717, 1.165) is 0 Å². The number of ether oxygens (including phenoxy) is 3. The second-order valence-corrected chi connectivity index (χ2v) is 2.15. The van der Waals surface area contributed by atoms with Crippen LogP contribution in [0.2, 0.25) is 0 Å². The molecule has 0 aromatic heterocycles. The van der Waals surface area contributed by atoms with E-state index in [1.807, 2.05) is 20.8 Å². The van der Waals surface area contributed by atoms with Gasteiger partial charge in [0.25, 0.3) is 0 Å². The first-order chi connectivity index (χ1) is 6.29. The van der Waals surface area contributed by atoms with Crippen LogP contribution in [0, 0.1) is 0 Å². The smallest absolute Gasteiger partial charge is 0.323 e. The lowest BCUT2D eigenvalue weighted by molar-refractivity contribution is 0.0259. The van der Waals surface area contributed by atoms with E-state index in [1.165, 1.54) is 0 Å². The predicted octanol–water partition coefficient (Wildman–Crippen LogP) is 2.45. The van der Waals surface area contributed by atoms with Crippen LogP contribution in [0.1, 0.15) is 20.8 Å². The predicted molar refractivity (Wildman–Crippen MR) is 52.1 cm³/mol. The van der Waals surface area contributed by atoms with Gasteiger partial charge in [-0.25, -0.2) is 0 Å². The fraction of sp³-hybridized carbons (Fsp3) is 0.600. The lowest BCUT2D eigenvalue weighted by atomic mass is 10.5. The molecule has 0 atom stereocenters. The van der Waals surface area contributed by atoms with Gasteiger partial charge in [-0.1, -0.05) is 6.58 Å². The summed E-state index contributed by atoms with van der Waals surface area (Å²) in [6.07, 6.45) is 1.59. The molecule has 0 unspecified atom stereocenters. The minimum absolute atomic E-state index is 0.418. The van der Waals surface area contributed by atoms with Crippen molar-refractivity contribution in [1.82, 2.24) is 0 Å². The molecule has 0 spiro atoms. The van der Waals surface area contributed by atoms with Crippen molar-refractivity contribution in [3.8, 4) is 0 Å². The van der Waals surface area contributed by atoms with Crippen LogP contribution in [-0.4, -0.2) is 19.8 Å². The van der Waals surface area contributed by atoms with Crippen LogP contribution in [0.25, 0.3) is 0 Å². The monoisotopic (exact) mass is 186 g/mol. The molecule has 3 nitrogen and oxygen atoms in total. The van der Waals surface area contributed by atoms with Crippen molar-refractivity contribution in [3.05, 3.63) is 24.4 Å². The Kier molecular flexibility index (Phi) is 6.88. The van der Waals surface area contributed by atoms with Crippen LogP contribution < -0.4 is 0 Å². The zero-order chi connectivity index (χ0) is 10.1. The van der Waals surface area contributed by atoms with E-state index in [1.54, 1.807) is 6.08 Å². The highest BCUT2D eigenvalue weighted by atomic mass is 16.7. The van der Waals surface area contributed by atoms with Crippen molar-refractivity contribution >= 4 is 0 Å². The average Bonchev–Trinajstić information content (AvgIpc) is 2.14. The Labute approximate surface area is 80.0 Å². The third-order valence-corrected chi connectivity index (χ3v) is 1.24. The fourth-order valence-corrected chi connectivity index (χ4v) is 0.803. The topological polar surface area (TPSA) is 27.7 Å². The van der Waals surface area contributed by atoms with E-state index in [-0.39, 0.29) is 0 Å². The zero-order valence-corrected chi connectivity index (χ0v) is 8.63. The highest BCUT2D eigenvalue weighted by molar-refractivity contribution is 5.09. The molecule has 0 heterocycles. The van der Waals surface area contributed by atoms with Gasteiger partial charge in [-0.15, -0.1) is 0 Å². The first kappa shape index (κ1) is 11.9. The zero-order valence-electron chi connectivity index (χ0n) is 8.63. The van der Waals surface area contributed by atoms with Crippen LogP contribution in [0.3, 0.4) is 0 Å². The molecule has 0 aliphatic rings. The molecule has 0 bridgehead atoms. The Morgan fingerprint density at radius 2 is 1.46 bits per heavy atom. The van der Waals surface area contributed by atoms with E-state index in [4.69, 9.17) is 14.2 Å². The molecule has 0 amide bonds. The number of rotatable bonds is 7. The molecule has 0 rings (SSSR count). The number of hydrogen-bond acceptors (Lipinski definition) is 3. The quantitative estimate of drug-likeness (QED) is 0.451. The Hall–Kier alpha value is -1.12. The highest BCUT2D eigenvalue weighted by Gasteiger charge is 2.06. The van der Waals surface area contributed by atoms with Crippen molar-refractivity contribution in [1.29, 1.82) is 0 Å². The van der Waals surface area contributed by atoms with Gasteiger partial charge in [-0.2, -0.15) is 0 Å². The minimum atomic E-state index is 0.418. The number of allylic oxidation sites excluding steroid dienone is 1. The lowest BCUT2D eigenvalue weighted by Gasteiger charge is -2.12. The SMILES string of the molecule is C=CC(OCC)=C(OCC)OCC. The molecule has 0 aliphatic heterocycles. The van der Waals surface area contributed by atoms with E-state index in [9.17, 15) is 0 Å². The molecule has 0 aliphatic carbocycles. The summed E-state index contributed by atoms with van der Waals surface area (Å²) in [5, 5.41) is 0. The summed E-state index contributed by atoms with van der Waals surface area (Å²) in [6, 6.07) is 0. The van der Waals surface area contributed by atoms with Gasteiger partial charge in [0.05, 0.1) is 19.8 Å². The third kappa shape index (κ3) is 4.45. The Morgan fingerprint density at radius 1 is 1.00 bits per heavy atom. The molecule has 0 N–H and O–H groups in total. The van der Waals surface area contributed by atoms with Crippen LogP contribution in [-0.2, 0) is 14.2 Å². The molecule has 0 aromatic carbocycles. The maximum Gasteiger partial charge on any atom is 0.323 e. The molecular formula is C10H18O3. The molecule has 0 fully saturated rings. The molecule has 0 saturated carbocycles. The van der Waals surface area contributed by atoms with Gasteiger partial charge in [0.2, 0.25) is 0 Å². The summed E-state index contributed by atoms with van der Waals surface area (Å²) < 4.78 is 15.8. The van der Waals surface area contributed by atoms with Crippen molar-refractivity contribution in [2.24, 2.45) is 0 Å². The largest absolute Gasteiger partial charge is 0.487 e. The molecule has 0 saturated heterocycles. The summed E-state index contributed by atoms with van der Waals surface area (Å²) in [5.41, 5.74) is 0. The minimum Gasteiger partial charge on any atom is -0.487 e. The maximum absolute atomic E-state index is 5.27. The first-order valence-electron chi connectivity index (χ1n) is 4.55. The van der Waals surface area contributed by atoms with E-state index in [2.05, 4.69) is 6.58 Å². The summed E-state index contributed by atoms with van der Waals surface area (Å²) >= 11 is 0. The Balaban J connectivity index is 4.44. The molecule has 3 heteroatoms. The second kappa shape index (κ2) is 7.53. The van der Waals surface area contributed by atoms with Gasteiger partial charge in [0.1, 0.15) is 0 Å². The molecule has 13 heavy (non-hydrogen) atoms. The van der Waals surface area contributed by atoms with Crippen LogP contribution >= 0.6 is 0 Å². The fourth-order valence-electron chi connectivity index (χ4n) is 0.803. The van der Waals surface area contributed by atoms with Crippen molar-refractivity contribution in [2.45, 2.75) is 20.8 Å². The van der Waals surface area contributed by atoms with Crippen molar-refractivity contribution in [2.75, 3.05) is 19.8 Å². The Bertz CT molecular complexity index is 165. The third-order valence-electron chi connectivity index (χ3n) is 1.24. The molecule has 76 valence electrons. The second-order valence-electron chi connectivity index (χ2n) is 2.15. The standard InChI is InChI=1S/C10H18O3/c1-5-9(11-6-2)10(12-7-3)13-8-4/h5H,1,6-8H2,2-4H3. The van der Waals surface area contributed by atoms with E-state index >= 15 is 0 Å². The van der Waals surface area contributed by atoms with Crippen LogP contribution in [0.15, 0.2) is 24.4 Å².